The average Bonchev–Trinajstić information content (AvgIpc) is 3.26. The van der Waals surface area contributed by atoms with Crippen molar-refractivity contribution in [3.05, 3.63) is 76.3 Å². The third kappa shape index (κ3) is 3.77. The Bertz CT molecular complexity index is 1040. The summed E-state index contributed by atoms with van der Waals surface area (Å²) in [5, 5.41) is 4.42. The maximum absolute atomic E-state index is 13.9. The van der Waals surface area contributed by atoms with E-state index in [9.17, 15) is 13.6 Å². The SMILES string of the molecule is Cc1cc(CSc2ncccc2C(=O)O[C@H]2CCc3c(F)cc(F)cc32)no1. The number of ether oxygens (including phenoxy) is 1. The van der Waals surface area contributed by atoms with Gasteiger partial charge in [0.1, 0.15) is 28.5 Å². The number of benzene rings is 1. The largest absolute Gasteiger partial charge is 0.454 e. The lowest BCUT2D eigenvalue weighted by Gasteiger charge is -2.15. The predicted molar refractivity (Wildman–Crippen MR) is 97.9 cm³/mol. The summed E-state index contributed by atoms with van der Waals surface area (Å²) in [5.41, 5.74) is 1.84. The zero-order valence-electron chi connectivity index (χ0n) is 14.9. The molecule has 0 saturated carbocycles. The van der Waals surface area contributed by atoms with Crippen LogP contribution in [-0.4, -0.2) is 16.1 Å². The Morgan fingerprint density at radius 1 is 1.36 bits per heavy atom. The van der Waals surface area contributed by atoms with Crippen molar-refractivity contribution in [3.63, 3.8) is 0 Å². The summed E-state index contributed by atoms with van der Waals surface area (Å²) in [4.78, 5) is 17.0. The van der Waals surface area contributed by atoms with Crippen LogP contribution in [0.1, 0.15) is 45.5 Å². The zero-order valence-corrected chi connectivity index (χ0v) is 15.8. The third-order valence-corrected chi connectivity index (χ3v) is 5.51. The maximum atomic E-state index is 13.9. The minimum atomic E-state index is -0.681. The molecule has 0 spiro atoms. The molecular formula is C20H16F2N2O3S. The number of pyridine rings is 1. The molecule has 0 amide bonds. The van der Waals surface area contributed by atoms with E-state index in [0.717, 1.165) is 11.8 Å². The second-order valence-corrected chi connectivity index (χ2v) is 7.43. The van der Waals surface area contributed by atoms with Crippen molar-refractivity contribution in [2.75, 3.05) is 0 Å². The molecule has 0 bridgehead atoms. The minimum absolute atomic E-state index is 0.304. The van der Waals surface area contributed by atoms with Crippen LogP contribution in [-0.2, 0) is 16.9 Å². The molecule has 28 heavy (non-hydrogen) atoms. The van der Waals surface area contributed by atoms with Crippen LogP contribution in [0.3, 0.4) is 0 Å². The van der Waals surface area contributed by atoms with Gasteiger partial charge in [0.2, 0.25) is 0 Å². The number of hydrogen-bond donors (Lipinski definition) is 0. The fourth-order valence-corrected chi connectivity index (χ4v) is 4.07. The maximum Gasteiger partial charge on any atom is 0.341 e. The molecule has 1 aromatic carbocycles. The topological polar surface area (TPSA) is 65.2 Å². The van der Waals surface area contributed by atoms with Gasteiger partial charge >= 0.3 is 5.97 Å². The van der Waals surface area contributed by atoms with Crippen LogP contribution >= 0.6 is 11.8 Å². The highest BCUT2D eigenvalue weighted by Crippen LogP contribution is 2.37. The van der Waals surface area contributed by atoms with Gasteiger partial charge in [-0.1, -0.05) is 16.9 Å². The van der Waals surface area contributed by atoms with Crippen LogP contribution in [0, 0.1) is 18.6 Å². The van der Waals surface area contributed by atoms with Crippen molar-refractivity contribution in [1.82, 2.24) is 10.1 Å². The molecular weight excluding hydrogens is 386 g/mol. The van der Waals surface area contributed by atoms with Gasteiger partial charge in [0.15, 0.2) is 0 Å². The lowest BCUT2D eigenvalue weighted by Crippen LogP contribution is -2.11. The highest BCUT2D eigenvalue weighted by atomic mass is 32.2. The predicted octanol–water partition coefficient (Wildman–Crippen LogP) is 4.79. The number of halogens is 2. The van der Waals surface area contributed by atoms with Crippen molar-refractivity contribution in [1.29, 1.82) is 0 Å². The first-order valence-corrected chi connectivity index (χ1v) is 9.68. The number of rotatable bonds is 5. The van der Waals surface area contributed by atoms with E-state index in [1.54, 1.807) is 25.3 Å². The molecule has 0 unspecified atom stereocenters. The number of carbonyl (C=O) groups excluding carboxylic acids is 1. The molecule has 5 nitrogen and oxygen atoms in total. The van der Waals surface area contributed by atoms with E-state index in [1.807, 2.05) is 6.07 Å². The minimum Gasteiger partial charge on any atom is -0.454 e. The zero-order chi connectivity index (χ0) is 19.7. The summed E-state index contributed by atoms with van der Waals surface area (Å²) < 4.78 is 38.1. The molecule has 8 heteroatoms. The molecule has 2 heterocycles. The molecule has 0 N–H and O–H groups in total. The van der Waals surface area contributed by atoms with E-state index >= 15 is 0 Å². The number of nitrogens with zero attached hydrogens (tertiary/aromatic N) is 2. The van der Waals surface area contributed by atoms with Crippen molar-refractivity contribution in [3.8, 4) is 0 Å². The number of hydrogen-bond acceptors (Lipinski definition) is 6. The molecule has 144 valence electrons. The van der Waals surface area contributed by atoms with Crippen LogP contribution in [0.5, 0.6) is 0 Å². The molecule has 4 rings (SSSR count). The van der Waals surface area contributed by atoms with E-state index in [1.165, 1.54) is 17.8 Å². The van der Waals surface area contributed by atoms with Gasteiger partial charge in [-0.05, 0) is 43.5 Å². The summed E-state index contributed by atoms with van der Waals surface area (Å²) in [6, 6.07) is 7.16. The van der Waals surface area contributed by atoms with Gasteiger partial charge in [-0.25, -0.2) is 18.6 Å². The fourth-order valence-electron chi connectivity index (χ4n) is 3.21. The van der Waals surface area contributed by atoms with E-state index in [4.69, 9.17) is 9.26 Å². The summed E-state index contributed by atoms with van der Waals surface area (Å²) in [5.74, 6) is -0.670. The van der Waals surface area contributed by atoms with Gasteiger partial charge in [0.25, 0.3) is 0 Å². The Kier molecular flexibility index (Phi) is 5.13. The summed E-state index contributed by atoms with van der Waals surface area (Å²) in [6.07, 6.45) is 1.73. The summed E-state index contributed by atoms with van der Waals surface area (Å²) in [7, 11) is 0. The van der Waals surface area contributed by atoms with Gasteiger partial charge in [-0.15, -0.1) is 0 Å². The normalized spacial score (nSPS) is 15.5. The van der Waals surface area contributed by atoms with Gasteiger partial charge in [-0.3, -0.25) is 0 Å². The fraction of sp³-hybridized carbons (Fsp3) is 0.250. The van der Waals surface area contributed by atoms with Gasteiger partial charge in [0.05, 0.1) is 11.3 Å². The summed E-state index contributed by atoms with van der Waals surface area (Å²) in [6.45, 7) is 1.80. The molecule has 1 atom stereocenters. The Labute approximate surface area is 164 Å². The Hall–Kier alpha value is -2.74. The van der Waals surface area contributed by atoms with Gasteiger partial charge in [-0.2, -0.15) is 0 Å². The Morgan fingerprint density at radius 3 is 3.00 bits per heavy atom. The average molecular weight is 402 g/mol. The number of thioether (sulfide) groups is 1. The summed E-state index contributed by atoms with van der Waals surface area (Å²) >= 11 is 1.34. The van der Waals surface area contributed by atoms with E-state index < -0.39 is 23.7 Å². The number of aromatic nitrogens is 2. The molecule has 1 aliphatic rings. The van der Waals surface area contributed by atoms with E-state index in [0.29, 0.717) is 46.1 Å². The second kappa shape index (κ2) is 7.71. The smallest absolute Gasteiger partial charge is 0.341 e. The number of esters is 1. The first kappa shape index (κ1) is 18.6. The van der Waals surface area contributed by atoms with Crippen molar-refractivity contribution in [2.24, 2.45) is 0 Å². The lowest BCUT2D eigenvalue weighted by molar-refractivity contribution is 0.0295. The monoisotopic (exact) mass is 402 g/mol. The van der Waals surface area contributed by atoms with Crippen molar-refractivity contribution in [2.45, 2.75) is 36.6 Å². The van der Waals surface area contributed by atoms with Crippen LogP contribution in [0.2, 0.25) is 0 Å². The molecule has 3 aromatic rings. The highest BCUT2D eigenvalue weighted by Gasteiger charge is 2.30. The Balaban J connectivity index is 1.51. The van der Waals surface area contributed by atoms with Crippen LogP contribution < -0.4 is 0 Å². The first-order valence-electron chi connectivity index (χ1n) is 8.70. The number of carbonyl (C=O) groups is 1. The molecule has 0 radical (unpaired) electrons. The lowest BCUT2D eigenvalue weighted by atomic mass is 10.1. The third-order valence-electron chi connectivity index (χ3n) is 4.47. The molecule has 0 aliphatic heterocycles. The quantitative estimate of drug-likeness (QED) is 0.452. The Morgan fingerprint density at radius 2 is 2.21 bits per heavy atom. The second-order valence-electron chi connectivity index (χ2n) is 6.46. The van der Waals surface area contributed by atoms with Gasteiger partial charge < -0.3 is 9.26 Å². The first-order chi connectivity index (χ1) is 13.5. The standard InChI is InChI=1S/C20H16F2N2O3S/c1-11-7-13(24-27-11)10-28-19-15(3-2-6-23-19)20(25)26-18-5-4-14-16(18)8-12(21)9-17(14)22/h2-3,6-9,18H,4-5,10H2,1H3/t18-/m0/s1. The van der Waals surface area contributed by atoms with Crippen molar-refractivity contribution >= 4 is 17.7 Å². The molecule has 2 aromatic heterocycles. The van der Waals surface area contributed by atoms with Gasteiger partial charge in [0, 0.05) is 29.6 Å². The van der Waals surface area contributed by atoms with E-state index in [-0.39, 0.29) is 0 Å². The molecule has 1 aliphatic carbocycles. The molecule has 0 saturated heterocycles. The van der Waals surface area contributed by atoms with Crippen LogP contribution in [0.25, 0.3) is 0 Å². The number of aryl methyl sites for hydroxylation is 1. The number of fused-ring (bicyclic) bond motifs is 1. The van der Waals surface area contributed by atoms with E-state index in [2.05, 4.69) is 10.1 Å². The van der Waals surface area contributed by atoms with Crippen LogP contribution in [0.4, 0.5) is 8.78 Å². The van der Waals surface area contributed by atoms with Crippen LogP contribution in [0.15, 0.2) is 46.1 Å². The van der Waals surface area contributed by atoms with Crippen molar-refractivity contribution < 1.29 is 22.8 Å². The highest BCUT2D eigenvalue weighted by molar-refractivity contribution is 7.98. The molecule has 0 fully saturated rings.